The minimum Gasteiger partial charge on any atom is -0.478 e. The largest absolute Gasteiger partial charge is 0.478 e. The molecule has 2 saturated heterocycles. The molecule has 8 heteroatoms. The molecule has 6 nitrogen and oxygen atoms in total. The number of carbonyl (C=O) groups is 2. The van der Waals surface area contributed by atoms with Crippen LogP contribution >= 0.6 is 11.6 Å². The van der Waals surface area contributed by atoms with E-state index in [1.165, 1.54) is 0 Å². The van der Waals surface area contributed by atoms with Crippen molar-refractivity contribution < 1.29 is 23.8 Å². The predicted molar refractivity (Wildman–Crippen MR) is 115 cm³/mol. The molecule has 0 radical (unpaired) electrons. The molecule has 0 aromatic heterocycles. The summed E-state index contributed by atoms with van der Waals surface area (Å²) in [7, 11) is 0. The van der Waals surface area contributed by atoms with Crippen molar-refractivity contribution in [2.75, 3.05) is 31.6 Å². The number of carboxylic acids is 1. The number of amides is 1. The van der Waals surface area contributed by atoms with Gasteiger partial charge < -0.3 is 15.2 Å². The molecule has 2 aliphatic rings. The fourth-order valence-corrected chi connectivity index (χ4v) is 4.44. The van der Waals surface area contributed by atoms with Crippen molar-refractivity contribution in [2.24, 2.45) is 0 Å². The molecule has 0 spiro atoms. The first-order valence-corrected chi connectivity index (χ1v) is 10.6. The Labute approximate surface area is 185 Å². The van der Waals surface area contributed by atoms with Gasteiger partial charge in [-0.25, -0.2) is 9.18 Å². The van der Waals surface area contributed by atoms with Crippen molar-refractivity contribution in [3.05, 3.63) is 63.9 Å². The number of hydrogen-bond donors (Lipinski definition) is 2. The Morgan fingerprint density at radius 1 is 1.26 bits per heavy atom. The van der Waals surface area contributed by atoms with Gasteiger partial charge in [-0.15, -0.1) is 0 Å². The van der Waals surface area contributed by atoms with Crippen molar-refractivity contribution in [1.29, 1.82) is 0 Å². The quantitative estimate of drug-likeness (QED) is 0.703. The molecule has 2 N–H and O–H groups in total. The molecule has 0 bridgehead atoms. The third-order valence-electron chi connectivity index (χ3n) is 6.15. The highest BCUT2D eigenvalue weighted by Crippen LogP contribution is 2.42. The Kier molecular flexibility index (Phi) is 5.77. The van der Waals surface area contributed by atoms with Gasteiger partial charge in [-0.2, -0.15) is 0 Å². The van der Waals surface area contributed by atoms with Gasteiger partial charge in [-0.3, -0.25) is 9.69 Å². The molecular weight excluding hydrogens is 423 g/mol. The van der Waals surface area contributed by atoms with Crippen LogP contribution in [-0.2, 0) is 14.9 Å². The first kappa shape index (κ1) is 21.7. The number of halogens is 2. The molecule has 2 aliphatic heterocycles. The number of hydrogen-bond acceptors (Lipinski definition) is 4. The molecule has 4 rings (SSSR count). The Bertz CT molecular complexity index is 1030. The van der Waals surface area contributed by atoms with Gasteiger partial charge in [-0.1, -0.05) is 49.7 Å². The molecule has 1 amide bonds. The molecule has 31 heavy (non-hydrogen) atoms. The van der Waals surface area contributed by atoms with Gasteiger partial charge >= 0.3 is 5.97 Å². The van der Waals surface area contributed by atoms with Crippen LogP contribution in [0.3, 0.4) is 0 Å². The number of rotatable bonds is 6. The molecule has 0 aliphatic carbocycles. The number of likely N-dealkylation sites (tertiary alicyclic amines) is 1. The third-order valence-corrected chi connectivity index (χ3v) is 6.44. The standard InChI is InChI=1S/C23H24ClFN2O4/c1-13(2)15-5-3-4-6-17(15)23(11-27(12-23)14-9-31-10-14)22(30)26-20-8-19(25)18(24)7-16(20)21(28)29/h3-8,13-14H,9-12H2,1-2H3,(H,26,30)(H,28,29). The predicted octanol–water partition coefficient (Wildman–Crippen LogP) is 3.89. The summed E-state index contributed by atoms with van der Waals surface area (Å²) >= 11 is 5.75. The highest BCUT2D eigenvalue weighted by molar-refractivity contribution is 6.31. The van der Waals surface area contributed by atoms with Crippen LogP contribution in [0.15, 0.2) is 36.4 Å². The first-order valence-electron chi connectivity index (χ1n) is 10.2. The monoisotopic (exact) mass is 446 g/mol. The molecule has 2 fully saturated rings. The van der Waals surface area contributed by atoms with Crippen LogP contribution in [0, 0.1) is 5.82 Å². The Balaban J connectivity index is 1.72. The maximum atomic E-state index is 14.1. The molecule has 0 unspecified atom stereocenters. The van der Waals surface area contributed by atoms with Crippen LogP contribution < -0.4 is 5.32 Å². The summed E-state index contributed by atoms with van der Waals surface area (Å²) in [6.45, 7) is 6.36. The number of carboxylic acid groups (broad SMARTS) is 1. The Morgan fingerprint density at radius 3 is 2.52 bits per heavy atom. The number of aromatic carboxylic acids is 1. The van der Waals surface area contributed by atoms with Gasteiger partial charge in [0.15, 0.2) is 0 Å². The van der Waals surface area contributed by atoms with Gasteiger partial charge in [0.2, 0.25) is 5.91 Å². The molecular formula is C23H24ClFN2O4. The van der Waals surface area contributed by atoms with E-state index < -0.39 is 17.2 Å². The number of benzene rings is 2. The van der Waals surface area contributed by atoms with Crippen molar-refractivity contribution in [3.8, 4) is 0 Å². The smallest absolute Gasteiger partial charge is 0.337 e. The normalized spacial score (nSPS) is 18.4. The van der Waals surface area contributed by atoms with E-state index in [1.54, 1.807) is 0 Å². The molecule has 2 aromatic rings. The van der Waals surface area contributed by atoms with Crippen LogP contribution in [0.1, 0.15) is 41.3 Å². The summed E-state index contributed by atoms with van der Waals surface area (Å²) < 4.78 is 19.4. The minimum atomic E-state index is -1.30. The zero-order valence-corrected chi connectivity index (χ0v) is 18.1. The maximum absolute atomic E-state index is 14.1. The molecule has 2 heterocycles. The topological polar surface area (TPSA) is 78.9 Å². The molecule has 164 valence electrons. The van der Waals surface area contributed by atoms with E-state index in [-0.39, 0.29) is 34.1 Å². The van der Waals surface area contributed by atoms with Crippen molar-refractivity contribution >= 4 is 29.2 Å². The Morgan fingerprint density at radius 2 is 1.94 bits per heavy atom. The second kappa shape index (κ2) is 8.22. The fourth-order valence-electron chi connectivity index (χ4n) is 4.28. The van der Waals surface area contributed by atoms with Crippen LogP contribution in [0.5, 0.6) is 0 Å². The van der Waals surface area contributed by atoms with Gasteiger partial charge in [-0.05, 0) is 29.2 Å². The lowest BCUT2D eigenvalue weighted by Gasteiger charge is -2.54. The van der Waals surface area contributed by atoms with Gasteiger partial charge in [0, 0.05) is 13.1 Å². The summed E-state index contributed by atoms with van der Waals surface area (Å²) in [5, 5.41) is 11.9. The fraction of sp³-hybridized carbons (Fsp3) is 0.391. The first-order chi connectivity index (χ1) is 14.7. The van der Waals surface area contributed by atoms with Crippen LogP contribution in [-0.4, -0.2) is 54.2 Å². The summed E-state index contributed by atoms with van der Waals surface area (Å²) in [6, 6.07) is 10.0. The number of nitrogens with zero attached hydrogens (tertiary/aromatic N) is 1. The summed E-state index contributed by atoms with van der Waals surface area (Å²) in [5.41, 5.74) is 0.734. The van der Waals surface area contributed by atoms with Gasteiger partial charge in [0.05, 0.1) is 40.9 Å². The molecule has 2 aromatic carbocycles. The van der Waals surface area contributed by atoms with Crippen molar-refractivity contribution in [2.45, 2.75) is 31.2 Å². The van der Waals surface area contributed by atoms with E-state index in [0.29, 0.717) is 26.3 Å². The highest BCUT2D eigenvalue weighted by Gasteiger charge is 2.54. The number of anilines is 1. The van der Waals surface area contributed by atoms with Crippen molar-refractivity contribution in [1.82, 2.24) is 4.90 Å². The van der Waals surface area contributed by atoms with E-state index in [9.17, 15) is 19.1 Å². The number of carbonyl (C=O) groups excluding carboxylic acids is 1. The summed E-state index contributed by atoms with van der Waals surface area (Å²) in [4.78, 5) is 27.5. The van der Waals surface area contributed by atoms with Crippen LogP contribution in [0.25, 0.3) is 0 Å². The van der Waals surface area contributed by atoms with E-state index in [2.05, 4.69) is 24.1 Å². The molecule has 0 atom stereocenters. The average molecular weight is 447 g/mol. The number of nitrogens with one attached hydrogen (secondary N) is 1. The zero-order chi connectivity index (χ0) is 22.3. The second-order valence-corrected chi connectivity index (χ2v) is 8.90. The van der Waals surface area contributed by atoms with E-state index >= 15 is 0 Å². The third kappa shape index (κ3) is 3.82. The zero-order valence-electron chi connectivity index (χ0n) is 17.3. The number of ether oxygens (including phenoxy) is 1. The minimum absolute atomic E-state index is 0.105. The van der Waals surface area contributed by atoms with E-state index in [0.717, 1.165) is 23.3 Å². The van der Waals surface area contributed by atoms with E-state index in [1.807, 2.05) is 24.3 Å². The van der Waals surface area contributed by atoms with Crippen LogP contribution in [0.4, 0.5) is 10.1 Å². The van der Waals surface area contributed by atoms with Crippen molar-refractivity contribution in [3.63, 3.8) is 0 Å². The lowest BCUT2D eigenvalue weighted by molar-refractivity contribution is -0.141. The average Bonchev–Trinajstić information content (AvgIpc) is 2.65. The molecule has 0 saturated carbocycles. The highest BCUT2D eigenvalue weighted by atomic mass is 35.5. The lowest BCUT2D eigenvalue weighted by atomic mass is 9.69. The van der Waals surface area contributed by atoms with Gasteiger partial charge in [0.25, 0.3) is 0 Å². The summed E-state index contributed by atoms with van der Waals surface area (Å²) in [6.07, 6.45) is 0. The second-order valence-electron chi connectivity index (χ2n) is 8.49. The van der Waals surface area contributed by atoms with E-state index in [4.69, 9.17) is 16.3 Å². The lowest BCUT2D eigenvalue weighted by Crippen LogP contribution is -2.70. The maximum Gasteiger partial charge on any atom is 0.337 e. The van der Waals surface area contributed by atoms with Crippen LogP contribution in [0.2, 0.25) is 5.02 Å². The summed E-state index contributed by atoms with van der Waals surface area (Å²) in [5.74, 6) is -2.25. The Hall–Kier alpha value is -2.48. The van der Waals surface area contributed by atoms with Gasteiger partial charge in [0.1, 0.15) is 5.82 Å². The SMILES string of the molecule is CC(C)c1ccccc1C1(C(=O)Nc2cc(F)c(Cl)cc2C(=O)O)CN(C2COC2)C1.